The van der Waals surface area contributed by atoms with Gasteiger partial charge in [0.2, 0.25) is 0 Å². The van der Waals surface area contributed by atoms with Gasteiger partial charge in [-0.1, -0.05) is 47.5 Å². The number of carbonyl (C=O) groups is 1. The molecular formula is C29H48O3. The normalized spacial score (nSPS) is 54.3. The molecule has 5 aliphatic carbocycles. The van der Waals surface area contributed by atoms with Crippen molar-refractivity contribution in [1.29, 1.82) is 0 Å². The summed E-state index contributed by atoms with van der Waals surface area (Å²) in [6, 6.07) is 0. The van der Waals surface area contributed by atoms with E-state index in [0.717, 1.165) is 49.9 Å². The minimum absolute atomic E-state index is 0.163. The summed E-state index contributed by atoms with van der Waals surface area (Å²) < 4.78 is 0. The van der Waals surface area contributed by atoms with Crippen molar-refractivity contribution in [2.45, 2.75) is 111 Å². The zero-order valence-corrected chi connectivity index (χ0v) is 21.2. The molecule has 5 aliphatic rings. The van der Waals surface area contributed by atoms with Crippen LogP contribution < -0.4 is 0 Å². The summed E-state index contributed by atoms with van der Waals surface area (Å²) in [6.07, 6.45) is 9.84. The Morgan fingerprint density at radius 3 is 2.38 bits per heavy atom. The summed E-state index contributed by atoms with van der Waals surface area (Å²) >= 11 is 0. The number of ketones is 1. The lowest BCUT2D eigenvalue weighted by Crippen LogP contribution is -2.58. The molecule has 0 bridgehead atoms. The zero-order valence-electron chi connectivity index (χ0n) is 21.2. The first-order valence-corrected chi connectivity index (χ1v) is 13.9. The molecule has 13 atom stereocenters. The van der Waals surface area contributed by atoms with E-state index in [4.69, 9.17) is 0 Å². The van der Waals surface area contributed by atoms with Crippen LogP contribution in [-0.4, -0.2) is 28.2 Å². The summed E-state index contributed by atoms with van der Waals surface area (Å²) in [6.45, 7) is 11.9. The molecule has 0 aromatic heterocycles. The van der Waals surface area contributed by atoms with E-state index in [1.54, 1.807) is 0 Å². The SMILES string of the molecule is C[C@H](CC[C@@H](C)[C@H]1[C@H](O)C[C@H]2[C@@H]3CC[C@H]4CC(=O)CC[C@]4(C)[C@H]3C[C@@H](O)[C@]12C)[C@@H]1C[C@H]1C. The van der Waals surface area contributed by atoms with E-state index < -0.39 is 0 Å². The van der Waals surface area contributed by atoms with Gasteiger partial charge in [-0.15, -0.1) is 0 Å². The van der Waals surface area contributed by atoms with Crippen LogP contribution in [0.3, 0.4) is 0 Å². The van der Waals surface area contributed by atoms with Crippen LogP contribution in [0.25, 0.3) is 0 Å². The molecule has 0 heterocycles. The largest absolute Gasteiger partial charge is 0.393 e. The minimum atomic E-state index is -0.326. The Morgan fingerprint density at radius 1 is 1.00 bits per heavy atom. The molecule has 32 heavy (non-hydrogen) atoms. The highest BCUT2D eigenvalue weighted by Gasteiger charge is 2.65. The standard InChI is InChI=1S/C29H48O3/c1-16(22-12-18(22)3)6-7-17(2)27-25(31)14-24-21-9-8-19-13-20(30)10-11-28(19,4)23(21)15-26(32)29(24,27)5/h16-19,21-27,31-32H,6-15H2,1-5H3/t16-,17-,18-,19+,21-,22+,23+,24+,25-,26-,27+,28+,29-/m1/s1. The molecule has 3 heteroatoms. The van der Waals surface area contributed by atoms with Crippen LogP contribution in [0.2, 0.25) is 0 Å². The van der Waals surface area contributed by atoms with E-state index in [1.165, 1.54) is 32.1 Å². The highest BCUT2D eigenvalue weighted by molar-refractivity contribution is 5.79. The zero-order chi connectivity index (χ0) is 23.0. The highest BCUT2D eigenvalue weighted by atomic mass is 16.3. The molecule has 0 saturated heterocycles. The van der Waals surface area contributed by atoms with Gasteiger partial charge in [0.15, 0.2) is 0 Å². The Labute approximate surface area is 196 Å². The molecule has 182 valence electrons. The number of aliphatic hydroxyl groups excluding tert-OH is 2. The van der Waals surface area contributed by atoms with E-state index in [2.05, 4.69) is 34.6 Å². The summed E-state index contributed by atoms with van der Waals surface area (Å²) in [4.78, 5) is 12.2. The van der Waals surface area contributed by atoms with Crippen molar-refractivity contribution in [3.05, 3.63) is 0 Å². The second kappa shape index (κ2) is 8.08. The van der Waals surface area contributed by atoms with E-state index in [-0.39, 0.29) is 29.0 Å². The van der Waals surface area contributed by atoms with Crippen LogP contribution in [0.5, 0.6) is 0 Å². The molecule has 0 amide bonds. The lowest BCUT2D eigenvalue weighted by atomic mass is 9.44. The van der Waals surface area contributed by atoms with Crippen molar-refractivity contribution in [2.75, 3.05) is 0 Å². The summed E-state index contributed by atoms with van der Waals surface area (Å²) in [5, 5.41) is 23.1. The maximum Gasteiger partial charge on any atom is 0.133 e. The molecule has 2 N–H and O–H groups in total. The minimum Gasteiger partial charge on any atom is -0.393 e. The molecule has 3 nitrogen and oxygen atoms in total. The quantitative estimate of drug-likeness (QED) is 0.558. The lowest BCUT2D eigenvalue weighted by Gasteiger charge is -2.61. The van der Waals surface area contributed by atoms with Crippen LogP contribution >= 0.6 is 0 Å². The third-order valence-electron chi connectivity index (χ3n) is 12.3. The van der Waals surface area contributed by atoms with E-state index >= 15 is 0 Å². The maximum absolute atomic E-state index is 12.2. The highest BCUT2D eigenvalue weighted by Crippen LogP contribution is 2.68. The maximum atomic E-state index is 12.2. The fourth-order valence-corrected chi connectivity index (χ4v) is 10.1. The molecule has 0 aliphatic heterocycles. The number of rotatable bonds is 5. The number of hydrogen-bond donors (Lipinski definition) is 2. The van der Waals surface area contributed by atoms with Gasteiger partial charge >= 0.3 is 0 Å². The van der Waals surface area contributed by atoms with E-state index in [1.807, 2.05) is 0 Å². The van der Waals surface area contributed by atoms with Gasteiger partial charge in [-0.25, -0.2) is 0 Å². The lowest BCUT2D eigenvalue weighted by molar-refractivity contribution is -0.172. The summed E-state index contributed by atoms with van der Waals surface area (Å²) in [5.74, 6) is 5.79. The Bertz CT molecular complexity index is 734. The van der Waals surface area contributed by atoms with Crippen LogP contribution in [0.1, 0.15) is 98.8 Å². The first kappa shape index (κ1) is 23.3. The van der Waals surface area contributed by atoms with Crippen molar-refractivity contribution in [1.82, 2.24) is 0 Å². The van der Waals surface area contributed by atoms with Crippen molar-refractivity contribution < 1.29 is 15.0 Å². The molecular weight excluding hydrogens is 396 g/mol. The average Bonchev–Trinajstić information content (AvgIpc) is 3.40. The smallest absolute Gasteiger partial charge is 0.133 e. The fourth-order valence-electron chi connectivity index (χ4n) is 10.1. The van der Waals surface area contributed by atoms with Crippen molar-refractivity contribution in [2.24, 2.45) is 64.1 Å². The molecule has 5 saturated carbocycles. The summed E-state index contributed by atoms with van der Waals surface area (Å²) in [5.41, 5.74) is 0.0357. The van der Waals surface area contributed by atoms with Gasteiger partial charge in [0.05, 0.1) is 12.2 Å². The van der Waals surface area contributed by atoms with Gasteiger partial charge < -0.3 is 10.2 Å². The Kier molecular flexibility index (Phi) is 5.89. The monoisotopic (exact) mass is 444 g/mol. The van der Waals surface area contributed by atoms with Crippen molar-refractivity contribution in [3.8, 4) is 0 Å². The number of aliphatic hydroxyl groups is 2. The van der Waals surface area contributed by atoms with Crippen molar-refractivity contribution in [3.63, 3.8) is 0 Å². The number of Topliss-reactive ketones (excluding diaryl/α,β-unsaturated/α-hetero) is 1. The topological polar surface area (TPSA) is 57.5 Å². The molecule has 5 fully saturated rings. The van der Waals surface area contributed by atoms with Crippen LogP contribution in [0.15, 0.2) is 0 Å². The predicted octanol–water partition coefficient (Wildman–Crippen LogP) is 5.86. The van der Waals surface area contributed by atoms with E-state index in [0.29, 0.717) is 35.4 Å². The molecule has 0 unspecified atom stereocenters. The molecule has 0 radical (unpaired) electrons. The Hall–Kier alpha value is -0.410. The third kappa shape index (κ3) is 3.46. The average molecular weight is 445 g/mol. The van der Waals surface area contributed by atoms with Crippen LogP contribution in [0.4, 0.5) is 0 Å². The number of fused-ring (bicyclic) bond motifs is 5. The van der Waals surface area contributed by atoms with E-state index in [9.17, 15) is 15.0 Å². The second-order valence-corrected chi connectivity index (χ2v) is 13.8. The number of carbonyl (C=O) groups excluding carboxylic acids is 1. The molecule has 0 aromatic carbocycles. The van der Waals surface area contributed by atoms with Crippen LogP contribution in [-0.2, 0) is 4.79 Å². The Morgan fingerprint density at radius 2 is 1.69 bits per heavy atom. The predicted molar refractivity (Wildman–Crippen MR) is 128 cm³/mol. The summed E-state index contributed by atoms with van der Waals surface area (Å²) in [7, 11) is 0. The van der Waals surface area contributed by atoms with Crippen LogP contribution in [0, 0.1) is 64.1 Å². The van der Waals surface area contributed by atoms with Gasteiger partial charge in [-0.05, 0) is 97.2 Å². The Balaban J connectivity index is 1.34. The van der Waals surface area contributed by atoms with Gasteiger partial charge in [0.25, 0.3) is 0 Å². The van der Waals surface area contributed by atoms with Gasteiger partial charge in [-0.2, -0.15) is 0 Å². The second-order valence-electron chi connectivity index (χ2n) is 13.8. The van der Waals surface area contributed by atoms with Crippen molar-refractivity contribution >= 4 is 5.78 Å². The van der Waals surface area contributed by atoms with Gasteiger partial charge in [0.1, 0.15) is 5.78 Å². The third-order valence-corrected chi connectivity index (χ3v) is 12.3. The van der Waals surface area contributed by atoms with Gasteiger partial charge in [0, 0.05) is 18.3 Å². The first-order chi connectivity index (χ1) is 15.1. The number of hydrogen-bond acceptors (Lipinski definition) is 3. The molecule has 0 aromatic rings. The first-order valence-electron chi connectivity index (χ1n) is 13.9. The van der Waals surface area contributed by atoms with Gasteiger partial charge in [-0.3, -0.25) is 4.79 Å². The molecule has 0 spiro atoms. The molecule has 5 rings (SSSR count). The fraction of sp³-hybridized carbons (Fsp3) is 0.966.